The fraction of sp³-hybridized carbons (Fsp3) is 0.526. The second-order valence-electron chi connectivity index (χ2n) is 6.65. The van der Waals surface area contributed by atoms with Gasteiger partial charge in [0.25, 0.3) is 0 Å². The number of nitrogens with one attached hydrogen (secondary N) is 1. The molecule has 134 valence electrons. The first kappa shape index (κ1) is 18.0. The minimum Gasteiger partial charge on any atom is -0.300 e. The van der Waals surface area contributed by atoms with Crippen LogP contribution in [0.2, 0.25) is 0 Å². The van der Waals surface area contributed by atoms with Crippen molar-refractivity contribution in [3.63, 3.8) is 0 Å². The fourth-order valence-corrected chi connectivity index (χ4v) is 3.98. The monoisotopic (exact) mass is 358 g/mol. The normalized spacial score (nSPS) is 18.2. The zero-order valence-corrected chi connectivity index (χ0v) is 15.6. The summed E-state index contributed by atoms with van der Waals surface area (Å²) in [5.41, 5.74) is 1.30. The summed E-state index contributed by atoms with van der Waals surface area (Å²) in [5.74, 6) is 0.108. The average Bonchev–Trinajstić information content (AvgIpc) is 3.08. The largest absolute Gasteiger partial charge is 0.300 e. The van der Waals surface area contributed by atoms with Crippen molar-refractivity contribution in [2.24, 2.45) is 5.92 Å². The van der Waals surface area contributed by atoms with Crippen molar-refractivity contribution in [1.29, 1.82) is 0 Å². The Kier molecular flexibility index (Phi) is 6.53. The van der Waals surface area contributed by atoms with E-state index in [1.165, 1.54) is 16.9 Å². The third kappa shape index (κ3) is 5.34. The molecular formula is C19H26N4OS. The van der Waals surface area contributed by atoms with E-state index in [1.807, 2.05) is 6.07 Å². The molecule has 2 heterocycles. The van der Waals surface area contributed by atoms with Gasteiger partial charge in [-0.3, -0.25) is 9.69 Å². The lowest BCUT2D eigenvalue weighted by Crippen LogP contribution is -2.40. The molecule has 2 aromatic rings. The van der Waals surface area contributed by atoms with Crippen LogP contribution in [0.4, 0.5) is 5.13 Å². The van der Waals surface area contributed by atoms with E-state index in [-0.39, 0.29) is 11.8 Å². The Bertz CT molecular complexity index is 673. The summed E-state index contributed by atoms with van der Waals surface area (Å²) in [5, 5.41) is 12.9. The molecule has 0 unspecified atom stereocenters. The number of aromatic nitrogens is 2. The van der Waals surface area contributed by atoms with Gasteiger partial charge in [-0.15, -0.1) is 10.2 Å². The SMILES string of the molecule is CCCCc1nnc(NC(=O)[C@H]2CCCN(Cc3ccccc3)C2)s1. The Labute approximate surface area is 153 Å². The zero-order chi connectivity index (χ0) is 17.5. The minimum atomic E-state index is 0.0282. The third-order valence-electron chi connectivity index (χ3n) is 4.57. The number of nitrogens with zero attached hydrogens (tertiary/aromatic N) is 3. The molecule has 5 nitrogen and oxygen atoms in total. The Morgan fingerprint density at radius 3 is 2.96 bits per heavy atom. The van der Waals surface area contributed by atoms with Crippen molar-refractivity contribution in [2.75, 3.05) is 18.4 Å². The molecule has 0 radical (unpaired) electrons. The second-order valence-corrected chi connectivity index (χ2v) is 7.72. The van der Waals surface area contributed by atoms with Gasteiger partial charge in [0.15, 0.2) is 0 Å². The number of hydrogen-bond donors (Lipinski definition) is 1. The molecule has 0 bridgehead atoms. The van der Waals surface area contributed by atoms with E-state index in [9.17, 15) is 4.79 Å². The topological polar surface area (TPSA) is 58.1 Å². The highest BCUT2D eigenvalue weighted by Crippen LogP contribution is 2.22. The van der Waals surface area contributed by atoms with E-state index in [1.54, 1.807) is 0 Å². The van der Waals surface area contributed by atoms with Crippen LogP contribution in [0.1, 0.15) is 43.2 Å². The zero-order valence-electron chi connectivity index (χ0n) is 14.8. The number of benzene rings is 1. The van der Waals surface area contributed by atoms with Gasteiger partial charge >= 0.3 is 0 Å². The lowest BCUT2D eigenvalue weighted by atomic mass is 9.97. The number of piperidine rings is 1. The molecule has 1 atom stereocenters. The minimum absolute atomic E-state index is 0.0282. The Morgan fingerprint density at radius 1 is 1.32 bits per heavy atom. The molecule has 0 spiro atoms. The van der Waals surface area contributed by atoms with Gasteiger partial charge in [-0.25, -0.2) is 0 Å². The summed E-state index contributed by atoms with van der Waals surface area (Å²) in [4.78, 5) is 15.0. The number of rotatable bonds is 7. The van der Waals surface area contributed by atoms with Gasteiger partial charge in [-0.05, 0) is 31.4 Å². The van der Waals surface area contributed by atoms with E-state index < -0.39 is 0 Å². The summed E-state index contributed by atoms with van der Waals surface area (Å²) in [6, 6.07) is 10.4. The van der Waals surface area contributed by atoms with Crippen LogP contribution in [0, 0.1) is 5.92 Å². The van der Waals surface area contributed by atoms with Crippen LogP contribution < -0.4 is 5.32 Å². The number of carbonyl (C=O) groups is 1. The van der Waals surface area contributed by atoms with Gasteiger partial charge in [0, 0.05) is 19.5 Å². The molecule has 1 fully saturated rings. The quantitative estimate of drug-likeness (QED) is 0.819. The summed E-state index contributed by atoms with van der Waals surface area (Å²) >= 11 is 1.50. The number of unbranched alkanes of at least 4 members (excludes halogenated alkanes) is 1. The van der Waals surface area contributed by atoms with Crippen LogP contribution in [-0.2, 0) is 17.8 Å². The molecule has 1 aliphatic rings. The maximum absolute atomic E-state index is 12.6. The standard InChI is InChI=1S/C19H26N4OS/c1-2-3-11-17-21-22-19(25-17)20-18(24)16-10-7-12-23(14-16)13-15-8-5-4-6-9-15/h4-6,8-9,16H,2-3,7,10-14H2,1H3,(H,20,22,24)/t16-/m0/s1. The molecule has 1 aromatic heterocycles. The molecular weight excluding hydrogens is 332 g/mol. The lowest BCUT2D eigenvalue weighted by Gasteiger charge is -2.31. The van der Waals surface area contributed by atoms with E-state index in [4.69, 9.17) is 0 Å². The van der Waals surface area contributed by atoms with Crippen LogP contribution in [0.15, 0.2) is 30.3 Å². The van der Waals surface area contributed by atoms with Crippen molar-refractivity contribution >= 4 is 22.4 Å². The van der Waals surface area contributed by atoms with Gasteiger partial charge < -0.3 is 5.32 Å². The first-order valence-corrected chi connectivity index (χ1v) is 9.95. The maximum Gasteiger partial charge on any atom is 0.230 e. The van der Waals surface area contributed by atoms with E-state index in [0.717, 1.165) is 56.7 Å². The predicted molar refractivity (Wildman–Crippen MR) is 102 cm³/mol. The van der Waals surface area contributed by atoms with Crippen molar-refractivity contribution in [3.8, 4) is 0 Å². The summed E-state index contributed by atoms with van der Waals surface area (Å²) in [6.45, 7) is 4.93. The molecule has 6 heteroatoms. The molecule has 1 aliphatic heterocycles. The fourth-order valence-electron chi connectivity index (χ4n) is 3.20. The third-order valence-corrected chi connectivity index (χ3v) is 5.46. The van der Waals surface area contributed by atoms with E-state index in [2.05, 4.69) is 51.6 Å². The highest BCUT2D eigenvalue weighted by atomic mass is 32.1. The Morgan fingerprint density at radius 2 is 2.16 bits per heavy atom. The number of hydrogen-bond acceptors (Lipinski definition) is 5. The molecule has 0 aliphatic carbocycles. The van der Waals surface area contributed by atoms with E-state index >= 15 is 0 Å². The Hall–Kier alpha value is -1.79. The van der Waals surface area contributed by atoms with Crippen LogP contribution in [0.25, 0.3) is 0 Å². The van der Waals surface area contributed by atoms with Crippen molar-refractivity contribution < 1.29 is 4.79 Å². The first-order valence-electron chi connectivity index (χ1n) is 9.14. The highest BCUT2D eigenvalue weighted by Gasteiger charge is 2.26. The number of amides is 1. The maximum atomic E-state index is 12.6. The van der Waals surface area contributed by atoms with Crippen molar-refractivity contribution in [3.05, 3.63) is 40.9 Å². The van der Waals surface area contributed by atoms with Crippen molar-refractivity contribution in [1.82, 2.24) is 15.1 Å². The highest BCUT2D eigenvalue weighted by molar-refractivity contribution is 7.15. The Balaban J connectivity index is 1.52. The lowest BCUT2D eigenvalue weighted by molar-refractivity contribution is -0.121. The van der Waals surface area contributed by atoms with Gasteiger partial charge in [-0.2, -0.15) is 0 Å². The van der Waals surface area contributed by atoms with Gasteiger partial charge in [0.05, 0.1) is 5.92 Å². The van der Waals surface area contributed by atoms with E-state index in [0.29, 0.717) is 5.13 Å². The first-order chi connectivity index (χ1) is 12.2. The summed E-state index contributed by atoms with van der Waals surface area (Å²) < 4.78 is 0. The average molecular weight is 359 g/mol. The summed E-state index contributed by atoms with van der Waals surface area (Å²) in [6.07, 6.45) is 5.19. The van der Waals surface area contributed by atoms with Crippen LogP contribution in [0.3, 0.4) is 0 Å². The number of aryl methyl sites for hydroxylation is 1. The number of carbonyl (C=O) groups excluding carboxylic acids is 1. The molecule has 25 heavy (non-hydrogen) atoms. The smallest absolute Gasteiger partial charge is 0.230 e. The van der Waals surface area contributed by atoms with Gasteiger partial charge in [-0.1, -0.05) is 55.0 Å². The van der Waals surface area contributed by atoms with Gasteiger partial charge in [0.1, 0.15) is 5.01 Å². The molecule has 1 saturated heterocycles. The predicted octanol–water partition coefficient (Wildman–Crippen LogP) is 3.73. The molecule has 1 aromatic carbocycles. The molecule has 3 rings (SSSR count). The summed E-state index contributed by atoms with van der Waals surface area (Å²) in [7, 11) is 0. The van der Waals surface area contributed by atoms with Crippen LogP contribution >= 0.6 is 11.3 Å². The number of likely N-dealkylation sites (tertiary alicyclic amines) is 1. The van der Waals surface area contributed by atoms with Gasteiger partial charge in [0.2, 0.25) is 11.0 Å². The molecule has 1 N–H and O–H groups in total. The van der Waals surface area contributed by atoms with Crippen LogP contribution in [-0.4, -0.2) is 34.1 Å². The van der Waals surface area contributed by atoms with Crippen molar-refractivity contribution in [2.45, 2.75) is 45.6 Å². The molecule has 0 saturated carbocycles. The molecule has 1 amide bonds. The second kappa shape index (κ2) is 9.06. The number of anilines is 1. The van der Waals surface area contributed by atoms with Crippen LogP contribution in [0.5, 0.6) is 0 Å².